The van der Waals surface area contributed by atoms with Crippen molar-refractivity contribution in [3.05, 3.63) is 51.2 Å². The predicted molar refractivity (Wildman–Crippen MR) is 80.1 cm³/mol. The van der Waals surface area contributed by atoms with Gasteiger partial charge < -0.3 is 9.25 Å². The molecule has 21 heavy (non-hydrogen) atoms. The summed E-state index contributed by atoms with van der Waals surface area (Å²) in [6.07, 6.45) is 0. The molecule has 7 heteroatoms. The van der Waals surface area contributed by atoms with E-state index in [2.05, 4.69) is 10.1 Å². The lowest BCUT2D eigenvalue weighted by Gasteiger charge is -2.02. The third-order valence-electron chi connectivity index (χ3n) is 2.65. The summed E-state index contributed by atoms with van der Waals surface area (Å²) >= 11 is 11.7. The van der Waals surface area contributed by atoms with Crippen molar-refractivity contribution in [3.63, 3.8) is 0 Å². The molecule has 0 atom stereocenters. The lowest BCUT2D eigenvalue weighted by molar-refractivity contribution is 0.0516. The number of hydrogen-bond acceptors (Lipinski definition) is 5. The SMILES string of the molecule is CC(=NOC(=O)c1ccc(Cl)cc1Cl)c1oc(C)nc1C. The van der Waals surface area contributed by atoms with Crippen molar-refractivity contribution in [1.29, 1.82) is 0 Å². The van der Waals surface area contributed by atoms with Gasteiger partial charge in [0.15, 0.2) is 11.7 Å². The maximum Gasteiger partial charge on any atom is 0.367 e. The van der Waals surface area contributed by atoms with Gasteiger partial charge in [-0.25, -0.2) is 9.78 Å². The molecule has 0 amide bonds. The van der Waals surface area contributed by atoms with Gasteiger partial charge in [0, 0.05) is 11.9 Å². The average Bonchev–Trinajstić information content (AvgIpc) is 2.74. The first kappa shape index (κ1) is 15.5. The molecule has 0 saturated carbocycles. The zero-order chi connectivity index (χ0) is 15.6. The first-order chi connectivity index (χ1) is 9.88. The Hall–Kier alpha value is -1.85. The normalized spacial score (nSPS) is 11.6. The van der Waals surface area contributed by atoms with E-state index in [-0.39, 0.29) is 10.6 Å². The van der Waals surface area contributed by atoms with E-state index in [4.69, 9.17) is 32.5 Å². The fourth-order valence-electron chi connectivity index (χ4n) is 1.72. The fraction of sp³-hybridized carbons (Fsp3) is 0.214. The van der Waals surface area contributed by atoms with Gasteiger partial charge in [0.25, 0.3) is 0 Å². The topological polar surface area (TPSA) is 64.7 Å². The van der Waals surface area contributed by atoms with Crippen molar-refractivity contribution in [1.82, 2.24) is 4.98 Å². The van der Waals surface area contributed by atoms with Crippen molar-refractivity contribution in [2.75, 3.05) is 0 Å². The zero-order valence-corrected chi connectivity index (χ0v) is 13.1. The maximum absolute atomic E-state index is 11.9. The predicted octanol–water partition coefficient (Wildman–Crippen LogP) is 4.18. The summed E-state index contributed by atoms with van der Waals surface area (Å²) < 4.78 is 5.38. The molecule has 1 aromatic carbocycles. The van der Waals surface area contributed by atoms with Gasteiger partial charge in [-0.05, 0) is 32.0 Å². The molecule has 5 nitrogen and oxygen atoms in total. The zero-order valence-electron chi connectivity index (χ0n) is 11.6. The van der Waals surface area contributed by atoms with Crippen LogP contribution in [0, 0.1) is 13.8 Å². The van der Waals surface area contributed by atoms with Gasteiger partial charge in [-0.2, -0.15) is 0 Å². The number of nitrogens with zero attached hydrogens (tertiary/aromatic N) is 2. The van der Waals surface area contributed by atoms with Crippen LogP contribution < -0.4 is 0 Å². The minimum Gasteiger partial charge on any atom is -0.439 e. The van der Waals surface area contributed by atoms with E-state index in [9.17, 15) is 4.79 Å². The molecule has 0 N–H and O–H groups in total. The van der Waals surface area contributed by atoms with Gasteiger partial charge in [0.1, 0.15) is 5.71 Å². The van der Waals surface area contributed by atoms with Crippen molar-refractivity contribution in [2.24, 2.45) is 5.16 Å². The van der Waals surface area contributed by atoms with E-state index in [1.165, 1.54) is 12.1 Å². The lowest BCUT2D eigenvalue weighted by atomic mass is 10.2. The molecular weight excluding hydrogens is 315 g/mol. The smallest absolute Gasteiger partial charge is 0.367 e. The van der Waals surface area contributed by atoms with Crippen LogP contribution >= 0.6 is 23.2 Å². The molecule has 2 rings (SSSR count). The van der Waals surface area contributed by atoms with Crippen LogP contribution in [0.4, 0.5) is 0 Å². The summed E-state index contributed by atoms with van der Waals surface area (Å²) in [5.74, 6) is 0.316. The largest absolute Gasteiger partial charge is 0.439 e. The highest BCUT2D eigenvalue weighted by molar-refractivity contribution is 6.36. The molecule has 0 radical (unpaired) electrons. The van der Waals surface area contributed by atoms with Gasteiger partial charge >= 0.3 is 5.97 Å². The average molecular weight is 327 g/mol. The quantitative estimate of drug-likeness (QED) is 0.482. The summed E-state index contributed by atoms with van der Waals surface area (Å²) in [4.78, 5) is 20.9. The molecule has 0 bridgehead atoms. The highest BCUT2D eigenvalue weighted by Gasteiger charge is 2.14. The standard InChI is InChI=1S/C14H12Cl2N2O3/c1-7-13(20-9(3)17-7)8(2)18-21-14(19)11-5-4-10(15)6-12(11)16/h4-6H,1-3H3. The third-order valence-corrected chi connectivity index (χ3v) is 3.20. The minimum atomic E-state index is -0.676. The highest BCUT2D eigenvalue weighted by Crippen LogP contribution is 2.21. The number of hydrogen-bond donors (Lipinski definition) is 0. The number of carbonyl (C=O) groups excluding carboxylic acids is 1. The van der Waals surface area contributed by atoms with E-state index in [1.54, 1.807) is 26.8 Å². The van der Waals surface area contributed by atoms with Crippen LogP contribution in [0.3, 0.4) is 0 Å². The summed E-state index contributed by atoms with van der Waals surface area (Å²) in [6, 6.07) is 4.48. The second-order valence-electron chi connectivity index (χ2n) is 4.33. The van der Waals surface area contributed by atoms with Gasteiger partial charge in [-0.3, -0.25) is 0 Å². The summed E-state index contributed by atoms with van der Waals surface area (Å²) in [5, 5.41) is 4.39. The molecule has 0 spiro atoms. The molecule has 1 heterocycles. The number of aryl methyl sites for hydroxylation is 2. The fourth-order valence-corrected chi connectivity index (χ4v) is 2.21. The van der Waals surface area contributed by atoms with Crippen LogP contribution in [0.1, 0.15) is 34.6 Å². The Bertz CT molecular complexity index is 723. The van der Waals surface area contributed by atoms with Crippen LogP contribution in [0.5, 0.6) is 0 Å². The molecule has 0 aliphatic rings. The number of aromatic nitrogens is 1. The molecular formula is C14H12Cl2N2O3. The Morgan fingerprint density at radius 3 is 2.62 bits per heavy atom. The number of halogens is 2. The van der Waals surface area contributed by atoms with Crippen molar-refractivity contribution in [3.8, 4) is 0 Å². The number of carbonyl (C=O) groups is 1. The van der Waals surface area contributed by atoms with Crippen molar-refractivity contribution in [2.45, 2.75) is 20.8 Å². The van der Waals surface area contributed by atoms with E-state index >= 15 is 0 Å². The molecule has 0 unspecified atom stereocenters. The van der Waals surface area contributed by atoms with E-state index in [0.29, 0.717) is 28.1 Å². The summed E-state index contributed by atoms with van der Waals surface area (Å²) in [7, 11) is 0. The Labute approximate surface area is 131 Å². The first-order valence-corrected chi connectivity index (χ1v) is 6.79. The maximum atomic E-state index is 11.9. The van der Waals surface area contributed by atoms with E-state index in [1.807, 2.05) is 0 Å². The Morgan fingerprint density at radius 2 is 2.05 bits per heavy atom. The monoisotopic (exact) mass is 326 g/mol. The van der Waals surface area contributed by atoms with Crippen LogP contribution in [-0.4, -0.2) is 16.7 Å². The molecule has 0 fully saturated rings. The minimum absolute atomic E-state index is 0.183. The Morgan fingerprint density at radius 1 is 1.33 bits per heavy atom. The Balaban J connectivity index is 2.16. The van der Waals surface area contributed by atoms with Gasteiger partial charge in [0.05, 0.1) is 16.3 Å². The number of benzene rings is 1. The molecule has 2 aromatic rings. The molecule has 0 saturated heterocycles. The van der Waals surface area contributed by atoms with Gasteiger partial charge in [-0.15, -0.1) is 0 Å². The lowest BCUT2D eigenvalue weighted by Crippen LogP contribution is -2.05. The third kappa shape index (κ3) is 3.62. The van der Waals surface area contributed by atoms with Gasteiger partial charge in [-0.1, -0.05) is 28.4 Å². The molecule has 0 aliphatic carbocycles. The Kier molecular flexibility index (Phi) is 4.65. The van der Waals surface area contributed by atoms with E-state index in [0.717, 1.165) is 0 Å². The molecule has 0 aliphatic heterocycles. The van der Waals surface area contributed by atoms with E-state index < -0.39 is 5.97 Å². The second-order valence-corrected chi connectivity index (χ2v) is 5.17. The van der Waals surface area contributed by atoms with Crippen molar-refractivity contribution >= 4 is 34.9 Å². The number of oxime groups is 1. The highest BCUT2D eigenvalue weighted by atomic mass is 35.5. The van der Waals surface area contributed by atoms with Crippen LogP contribution in [0.15, 0.2) is 27.8 Å². The van der Waals surface area contributed by atoms with Crippen LogP contribution in [-0.2, 0) is 4.84 Å². The summed E-state index contributed by atoms with van der Waals surface area (Å²) in [6.45, 7) is 5.16. The first-order valence-electron chi connectivity index (χ1n) is 6.04. The number of rotatable bonds is 3. The van der Waals surface area contributed by atoms with Gasteiger partial charge in [0.2, 0.25) is 0 Å². The van der Waals surface area contributed by atoms with Crippen molar-refractivity contribution < 1.29 is 14.0 Å². The number of oxazole rings is 1. The van der Waals surface area contributed by atoms with Crippen LogP contribution in [0.2, 0.25) is 10.0 Å². The second kappa shape index (κ2) is 6.28. The van der Waals surface area contributed by atoms with Crippen LogP contribution in [0.25, 0.3) is 0 Å². The molecule has 1 aromatic heterocycles. The summed E-state index contributed by atoms with van der Waals surface area (Å²) in [5.41, 5.74) is 1.27. The molecule has 110 valence electrons.